The van der Waals surface area contributed by atoms with E-state index >= 15 is 0 Å². The number of hydrogen-bond donors (Lipinski definition) is 2. The Morgan fingerprint density at radius 3 is 2.14 bits per heavy atom. The minimum absolute atomic E-state index is 0.0254. The molecule has 0 saturated heterocycles. The molecule has 0 radical (unpaired) electrons. The molecule has 1 aromatic rings. The van der Waals surface area contributed by atoms with Gasteiger partial charge in [0.25, 0.3) is 5.91 Å². The van der Waals surface area contributed by atoms with Crippen molar-refractivity contribution in [3.63, 3.8) is 0 Å². The van der Waals surface area contributed by atoms with E-state index in [1.165, 1.54) is 26.4 Å². The first-order valence-electron chi connectivity index (χ1n) is 6.03. The van der Waals surface area contributed by atoms with Gasteiger partial charge in [0.15, 0.2) is 0 Å². The van der Waals surface area contributed by atoms with Crippen molar-refractivity contribution in [3.05, 3.63) is 22.2 Å². The van der Waals surface area contributed by atoms with E-state index in [0.717, 1.165) is 0 Å². The topological polar surface area (TPSA) is 84.9 Å². The van der Waals surface area contributed by atoms with Crippen LogP contribution in [-0.4, -0.2) is 43.7 Å². The largest absolute Gasteiger partial charge is 0.495 e. The van der Waals surface area contributed by atoms with Crippen LogP contribution in [0.25, 0.3) is 0 Å². The monoisotopic (exact) mass is 381 g/mol. The van der Waals surface area contributed by atoms with Gasteiger partial charge in [0.05, 0.1) is 14.2 Å². The first-order valence-corrected chi connectivity index (χ1v) is 6.82. The van der Waals surface area contributed by atoms with Crippen molar-refractivity contribution in [3.8, 4) is 11.5 Å². The van der Waals surface area contributed by atoms with Crippen molar-refractivity contribution in [2.75, 3.05) is 14.2 Å². The summed E-state index contributed by atoms with van der Waals surface area (Å²) in [5.74, 6) is -1.79. The van der Waals surface area contributed by atoms with Crippen molar-refractivity contribution in [2.24, 2.45) is 0 Å². The summed E-state index contributed by atoms with van der Waals surface area (Å²) >= 11 is 3.22. The van der Waals surface area contributed by atoms with Crippen LogP contribution in [0, 0.1) is 0 Å². The third-order valence-electron chi connectivity index (χ3n) is 2.73. The van der Waals surface area contributed by atoms with Crippen LogP contribution in [0.3, 0.4) is 0 Å². The van der Waals surface area contributed by atoms with Crippen LogP contribution < -0.4 is 14.8 Å². The van der Waals surface area contributed by atoms with E-state index in [4.69, 9.17) is 14.6 Å². The van der Waals surface area contributed by atoms with E-state index in [1.807, 2.05) is 5.32 Å². The molecule has 1 unspecified atom stereocenters. The van der Waals surface area contributed by atoms with Crippen molar-refractivity contribution >= 4 is 27.8 Å². The number of ether oxygens (including phenoxy) is 2. The maximum Gasteiger partial charge on any atom is 0.326 e. The lowest BCUT2D eigenvalue weighted by atomic mass is 10.1. The van der Waals surface area contributed by atoms with Crippen LogP contribution in [0.1, 0.15) is 16.8 Å². The molecule has 0 aliphatic heterocycles. The number of amides is 1. The van der Waals surface area contributed by atoms with E-state index in [2.05, 4.69) is 15.9 Å². The third-order valence-corrected chi connectivity index (χ3v) is 3.51. The molecule has 2 N–H and O–H groups in total. The molecule has 9 heteroatoms. The van der Waals surface area contributed by atoms with Gasteiger partial charge >= 0.3 is 5.97 Å². The second kappa shape index (κ2) is 7.92. The van der Waals surface area contributed by atoms with Gasteiger partial charge in [-0.2, -0.15) is 0 Å². The van der Waals surface area contributed by atoms with Gasteiger partial charge in [0.2, 0.25) is 6.43 Å². The van der Waals surface area contributed by atoms with Gasteiger partial charge in [-0.15, -0.1) is 0 Å². The van der Waals surface area contributed by atoms with Gasteiger partial charge < -0.3 is 19.9 Å². The highest BCUT2D eigenvalue weighted by atomic mass is 79.9. The molecule has 122 valence electrons. The second-order valence-electron chi connectivity index (χ2n) is 4.19. The van der Waals surface area contributed by atoms with Crippen molar-refractivity contribution in [1.82, 2.24) is 5.32 Å². The standard InChI is InChI=1S/C13H14BrF2NO5/c1-21-8-3-6(4-9(22-2)11(8)14)12(18)17-7(13(19)20)5-10(15)16/h3-4,7,10H,5H2,1-2H3,(H,17,18)(H,19,20). The van der Waals surface area contributed by atoms with Crippen molar-refractivity contribution in [2.45, 2.75) is 18.9 Å². The fraction of sp³-hybridized carbons (Fsp3) is 0.385. The normalized spacial score (nSPS) is 11.9. The van der Waals surface area contributed by atoms with Gasteiger partial charge in [-0.25, -0.2) is 13.6 Å². The Labute approximate surface area is 133 Å². The van der Waals surface area contributed by atoms with Gasteiger partial charge in [0.1, 0.15) is 22.0 Å². The Kier molecular flexibility index (Phi) is 6.54. The van der Waals surface area contributed by atoms with Crippen LogP contribution >= 0.6 is 15.9 Å². The fourth-order valence-corrected chi connectivity index (χ4v) is 2.19. The summed E-state index contributed by atoms with van der Waals surface area (Å²) in [6.07, 6.45) is -3.83. The molecule has 0 spiro atoms. The van der Waals surface area contributed by atoms with E-state index in [0.29, 0.717) is 4.47 Å². The zero-order chi connectivity index (χ0) is 16.9. The van der Waals surface area contributed by atoms with Crippen LogP contribution in [-0.2, 0) is 4.79 Å². The molecule has 22 heavy (non-hydrogen) atoms. The van der Waals surface area contributed by atoms with Crippen molar-refractivity contribution < 1.29 is 33.0 Å². The highest BCUT2D eigenvalue weighted by molar-refractivity contribution is 9.10. The van der Waals surface area contributed by atoms with E-state index < -0.39 is 30.8 Å². The molecule has 1 aromatic carbocycles. The Hall–Kier alpha value is -1.90. The molecular weight excluding hydrogens is 368 g/mol. The lowest BCUT2D eigenvalue weighted by Gasteiger charge is -2.15. The van der Waals surface area contributed by atoms with E-state index in [1.54, 1.807) is 0 Å². The van der Waals surface area contributed by atoms with Gasteiger partial charge in [0, 0.05) is 12.0 Å². The minimum Gasteiger partial charge on any atom is -0.495 e. The number of hydrogen-bond acceptors (Lipinski definition) is 4. The molecule has 6 nitrogen and oxygen atoms in total. The Morgan fingerprint density at radius 1 is 1.27 bits per heavy atom. The van der Waals surface area contributed by atoms with Gasteiger partial charge in [-0.1, -0.05) is 0 Å². The van der Waals surface area contributed by atoms with E-state index in [9.17, 15) is 18.4 Å². The molecule has 1 atom stereocenters. The first-order chi connectivity index (χ1) is 10.3. The quantitative estimate of drug-likeness (QED) is 0.756. The molecule has 0 bridgehead atoms. The highest BCUT2D eigenvalue weighted by Crippen LogP contribution is 2.35. The molecular formula is C13H14BrF2NO5. The maximum atomic E-state index is 12.3. The molecule has 0 saturated carbocycles. The summed E-state index contributed by atoms with van der Waals surface area (Å²) in [4.78, 5) is 22.9. The summed E-state index contributed by atoms with van der Waals surface area (Å²) in [6.45, 7) is 0. The van der Waals surface area contributed by atoms with Crippen LogP contribution in [0.2, 0.25) is 0 Å². The maximum absolute atomic E-state index is 12.3. The van der Waals surface area contributed by atoms with Crippen LogP contribution in [0.4, 0.5) is 8.78 Å². The molecule has 0 aliphatic rings. The number of benzene rings is 1. The number of carboxylic acids is 1. The number of alkyl halides is 2. The number of rotatable bonds is 7. The molecule has 0 aliphatic carbocycles. The number of carboxylic acid groups (broad SMARTS) is 1. The second-order valence-corrected chi connectivity index (χ2v) is 4.98. The average molecular weight is 382 g/mol. The summed E-state index contributed by atoms with van der Waals surface area (Å²) in [5, 5.41) is 10.9. The Bertz CT molecular complexity index is 542. The molecule has 1 rings (SSSR count). The molecule has 0 heterocycles. The van der Waals surface area contributed by atoms with Crippen LogP contribution in [0.5, 0.6) is 11.5 Å². The average Bonchev–Trinajstić information content (AvgIpc) is 2.46. The number of methoxy groups -OCH3 is 2. The summed E-state index contributed by atoms with van der Waals surface area (Å²) in [7, 11) is 2.75. The number of halogens is 3. The highest BCUT2D eigenvalue weighted by Gasteiger charge is 2.25. The number of aliphatic carboxylic acids is 1. The number of nitrogens with one attached hydrogen (secondary N) is 1. The zero-order valence-electron chi connectivity index (χ0n) is 11.7. The summed E-state index contributed by atoms with van der Waals surface area (Å²) in [6, 6.07) is 0.986. The predicted molar refractivity (Wildman–Crippen MR) is 76.8 cm³/mol. The lowest BCUT2D eigenvalue weighted by molar-refractivity contribution is -0.140. The SMILES string of the molecule is COc1cc(C(=O)NC(CC(F)F)C(=O)O)cc(OC)c1Br. The third kappa shape index (κ3) is 4.55. The minimum atomic E-state index is -2.85. The first kappa shape index (κ1) is 18.1. The predicted octanol–water partition coefficient (Wildman–Crippen LogP) is 2.30. The van der Waals surface area contributed by atoms with Crippen molar-refractivity contribution in [1.29, 1.82) is 0 Å². The Balaban J connectivity index is 3.04. The fourth-order valence-electron chi connectivity index (χ4n) is 1.64. The summed E-state index contributed by atoms with van der Waals surface area (Å²) < 4.78 is 35.2. The molecule has 1 amide bonds. The van der Waals surface area contributed by atoms with Gasteiger partial charge in [-0.05, 0) is 28.1 Å². The zero-order valence-corrected chi connectivity index (χ0v) is 13.3. The Morgan fingerprint density at radius 2 is 1.77 bits per heavy atom. The van der Waals surface area contributed by atoms with Gasteiger partial charge in [-0.3, -0.25) is 4.79 Å². The number of carbonyl (C=O) groups is 2. The smallest absolute Gasteiger partial charge is 0.326 e. The number of carbonyl (C=O) groups excluding carboxylic acids is 1. The van der Waals surface area contributed by atoms with Crippen LogP contribution in [0.15, 0.2) is 16.6 Å². The lowest BCUT2D eigenvalue weighted by Crippen LogP contribution is -2.42. The molecule has 0 aromatic heterocycles. The van der Waals surface area contributed by atoms with E-state index in [-0.39, 0.29) is 17.1 Å². The summed E-state index contributed by atoms with van der Waals surface area (Å²) in [5.41, 5.74) is 0.0254. The molecule has 0 fully saturated rings.